The predicted octanol–water partition coefficient (Wildman–Crippen LogP) is 2.70. The zero-order valence-corrected chi connectivity index (χ0v) is 16.1. The Bertz CT molecular complexity index is 913. The second-order valence-corrected chi connectivity index (χ2v) is 6.61. The molecule has 0 spiro atoms. The Balaban J connectivity index is 1.50. The van der Waals surface area contributed by atoms with Crippen LogP contribution in [0.4, 0.5) is 4.79 Å². The number of urea groups is 1. The Morgan fingerprint density at radius 1 is 1.22 bits per heavy atom. The number of hydrogen-bond acceptors (Lipinski definition) is 5. The van der Waals surface area contributed by atoms with Gasteiger partial charge in [-0.1, -0.05) is 35.0 Å². The van der Waals surface area contributed by atoms with Gasteiger partial charge in [-0.3, -0.25) is 4.68 Å². The van der Waals surface area contributed by atoms with E-state index < -0.39 is 0 Å². The van der Waals surface area contributed by atoms with Gasteiger partial charge in [-0.2, -0.15) is 10.1 Å². The minimum Gasteiger partial charge on any atom is -0.337 e. The van der Waals surface area contributed by atoms with Crippen LogP contribution in [0.15, 0.2) is 34.9 Å². The monoisotopic (exact) mass is 368 g/mol. The molecule has 0 atom stereocenters. The van der Waals surface area contributed by atoms with Gasteiger partial charge < -0.3 is 14.7 Å². The highest BCUT2D eigenvalue weighted by atomic mass is 16.5. The lowest BCUT2D eigenvalue weighted by Gasteiger charge is -2.17. The molecule has 8 heteroatoms. The second-order valence-electron chi connectivity index (χ2n) is 6.61. The molecular formula is C19H24N6O2. The van der Waals surface area contributed by atoms with E-state index in [1.165, 1.54) is 5.56 Å². The number of aryl methyl sites for hydroxylation is 3. The third-order valence-electron chi connectivity index (χ3n) is 4.27. The summed E-state index contributed by atoms with van der Waals surface area (Å²) in [5.74, 6) is 0.878. The van der Waals surface area contributed by atoms with E-state index in [-0.39, 0.29) is 12.6 Å². The fourth-order valence-electron chi connectivity index (χ4n) is 2.68. The summed E-state index contributed by atoms with van der Waals surface area (Å²) < 4.78 is 7.11. The molecule has 142 valence electrons. The summed E-state index contributed by atoms with van der Waals surface area (Å²) >= 11 is 0. The molecule has 0 aliphatic carbocycles. The number of aromatic nitrogens is 4. The lowest BCUT2D eigenvalue weighted by molar-refractivity contribution is 0.204. The van der Waals surface area contributed by atoms with Crippen molar-refractivity contribution in [3.8, 4) is 11.4 Å². The Hall–Kier alpha value is -3.16. The minimum atomic E-state index is -0.202. The Morgan fingerprint density at radius 2 is 1.96 bits per heavy atom. The van der Waals surface area contributed by atoms with Crippen LogP contribution in [0.25, 0.3) is 11.4 Å². The fraction of sp³-hybridized carbons (Fsp3) is 0.368. The maximum atomic E-state index is 12.2. The predicted molar refractivity (Wildman–Crippen MR) is 101 cm³/mol. The first kappa shape index (κ1) is 18.6. The maximum absolute atomic E-state index is 12.2. The standard InChI is InChI=1S/C19H24N6O2/c1-13-5-7-16(8-6-13)18-21-17(27-23-18)12-20-19(26)24(4)9-10-25-15(3)11-14(2)22-25/h5-8,11H,9-10,12H2,1-4H3,(H,20,26). The topological polar surface area (TPSA) is 89.1 Å². The zero-order valence-electron chi connectivity index (χ0n) is 16.1. The molecule has 27 heavy (non-hydrogen) atoms. The van der Waals surface area contributed by atoms with E-state index in [1.54, 1.807) is 11.9 Å². The van der Waals surface area contributed by atoms with Crippen molar-refractivity contribution in [2.75, 3.05) is 13.6 Å². The van der Waals surface area contributed by atoms with Gasteiger partial charge in [0.2, 0.25) is 11.7 Å². The van der Waals surface area contributed by atoms with Gasteiger partial charge in [0.1, 0.15) is 0 Å². The molecule has 0 radical (unpaired) electrons. The van der Waals surface area contributed by atoms with E-state index in [1.807, 2.05) is 55.8 Å². The van der Waals surface area contributed by atoms with E-state index in [2.05, 4.69) is 20.6 Å². The van der Waals surface area contributed by atoms with Crippen molar-refractivity contribution < 1.29 is 9.32 Å². The first-order valence-electron chi connectivity index (χ1n) is 8.82. The van der Waals surface area contributed by atoms with Crippen molar-refractivity contribution in [1.82, 2.24) is 30.1 Å². The molecule has 1 N–H and O–H groups in total. The van der Waals surface area contributed by atoms with Crippen LogP contribution in [0.2, 0.25) is 0 Å². The molecular weight excluding hydrogens is 344 g/mol. The summed E-state index contributed by atoms with van der Waals surface area (Å²) in [6.45, 7) is 7.35. The van der Waals surface area contributed by atoms with Crippen LogP contribution in [-0.2, 0) is 13.1 Å². The number of hydrogen-bond donors (Lipinski definition) is 1. The molecule has 2 heterocycles. The molecule has 0 saturated heterocycles. The smallest absolute Gasteiger partial charge is 0.317 e. The van der Waals surface area contributed by atoms with Gasteiger partial charge in [-0.05, 0) is 26.8 Å². The molecule has 3 rings (SSSR count). The minimum absolute atomic E-state index is 0.182. The largest absolute Gasteiger partial charge is 0.337 e. The van der Waals surface area contributed by atoms with Crippen LogP contribution in [0.3, 0.4) is 0 Å². The van der Waals surface area contributed by atoms with Crippen LogP contribution in [-0.4, -0.2) is 44.4 Å². The summed E-state index contributed by atoms with van der Waals surface area (Å²) in [4.78, 5) is 18.2. The van der Waals surface area contributed by atoms with Crippen molar-refractivity contribution in [2.45, 2.75) is 33.9 Å². The van der Waals surface area contributed by atoms with Crippen LogP contribution in [0.1, 0.15) is 22.8 Å². The number of rotatable bonds is 6. The Labute approximate surface area is 158 Å². The van der Waals surface area contributed by atoms with E-state index in [0.29, 0.717) is 24.8 Å². The van der Waals surface area contributed by atoms with Crippen LogP contribution in [0.5, 0.6) is 0 Å². The van der Waals surface area contributed by atoms with Crippen molar-refractivity contribution in [2.24, 2.45) is 0 Å². The van der Waals surface area contributed by atoms with Gasteiger partial charge in [-0.15, -0.1) is 0 Å². The number of carbonyl (C=O) groups is 1. The van der Waals surface area contributed by atoms with Gasteiger partial charge in [0.15, 0.2) is 0 Å². The molecule has 0 bridgehead atoms. The number of nitrogens with one attached hydrogen (secondary N) is 1. The average Bonchev–Trinajstić information content (AvgIpc) is 3.24. The van der Waals surface area contributed by atoms with Gasteiger partial charge in [0.25, 0.3) is 0 Å². The molecule has 0 saturated carbocycles. The fourth-order valence-corrected chi connectivity index (χ4v) is 2.68. The Kier molecular flexibility index (Phi) is 5.54. The molecule has 0 fully saturated rings. The number of carbonyl (C=O) groups excluding carboxylic acids is 1. The molecule has 0 aliphatic rings. The van der Waals surface area contributed by atoms with Crippen LogP contribution < -0.4 is 5.32 Å². The zero-order chi connectivity index (χ0) is 19.4. The SMILES string of the molecule is Cc1ccc(-c2noc(CNC(=O)N(C)CCn3nc(C)cc3C)n2)cc1. The van der Waals surface area contributed by atoms with Gasteiger partial charge in [-0.25, -0.2) is 4.79 Å². The lowest BCUT2D eigenvalue weighted by atomic mass is 10.1. The van der Waals surface area contributed by atoms with Crippen molar-refractivity contribution in [3.05, 3.63) is 53.2 Å². The number of nitrogens with zero attached hydrogens (tertiary/aromatic N) is 5. The average molecular weight is 368 g/mol. The second kappa shape index (κ2) is 8.03. The third-order valence-corrected chi connectivity index (χ3v) is 4.27. The van der Waals surface area contributed by atoms with Crippen molar-refractivity contribution in [3.63, 3.8) is 0 Å². The molecule has 0 aliphatic heterocycles. The third kappa shape index (κ3) is 4.72. The first-order valence-corrected chi connectivity index (χ1v) is 8.82. The molecule has 3 aromatic rings. The normalized spacial score (nSPS) is 10.8. The van der Waals surface area contributed by atoms with Crippen molar-refractivity contribution >= 4 is 6.03 Å². The summed E-state index contributed by atoms with van der Waals surface area (Å²) in [5.41, 5.74) is 4.10. The van der Waals surface area contributed by atoms with E-state index >= 15 is 0 Å². The highest BCUT2D eigenvalue weighted by molar-refractivity contribution is 5.73. The first-order chi connectivity index (χ1) is 12.9. The number of amides is 2. The highest BCUT2D eigenvalue weighted by Crippen LogP contribution is 2.16. The Morgan fingerprint density at radius 3 is 2.63 bits per heavy atom. The summed E-state index contributed by atoms with van der Waals surface area (Å²) in [5, 5.41) is 11.2. The quantitative estimate of drug-likeness (QED) is 0.723. The molecule has 1 aromatic carbocycles. The maximum Gasteiger partial charge on any atom is 0.317 e. The van der Waals surface area contributed by atoms with Gasteiger partial charge >= 0.3 is 6.03 Å². The summed E-state index contributed by atoms with van der Waals surface area (Å²) in [7, 11) is 1.74. The van der Waals surface area contributed by atoms with Crippen LogP contribution >= 0.6 is 0 Å². The summed E-state index contributed by atoms with van der Waals surface area (Å²) in [6, 6.07) is 9.67. The van der Waals surface area contributed by atoms with Crippen molar-refractivity contribution in [1.29, 1.82) is 0 Å². The highest BCUT2D eigenvalue weighted by Gasteiger charge is 2.13. The molecule has 2 amide bonds. The van der Waals surface area contributed by atoms with E-state index in [9.17, 15) is 4.79 Å². The number of benzene rings is 1. The van der Waals surface area contributed by atoms with Gasteiger partial charge in [0, 0.05) is 24.8 Å². The van der Waals surface area contributed by atoms with Crippen LogP contribution in [0, 0.1) is 20.8 Å². The summed E-state index contributed by atoms with van der Waals surface area (Å²) in [6.07, 6.45) is 0. The number of likely N-dealkylation sites (N-methyl/N-ethyl adjacent to an activating group) is 1. The lowest BCUT2D eigenvalue weighted by Crippen LogP contribution is -2.38. The van der Waals surface area contributed by atoms with E-state index in [0.717, 1.165) is 17.0 Å². The molecule has 0 unspecified atom stereocenters. The van der Waals surface area contributed by atoms with Gasteiger partial charge in [0.05, 0.1) is 18.8 Å². The molecule has 8 nitrogen and oxygen atoms in total. The van der Waals surface area contributed by atoms with E-state index in [4.69, 9.17) is 4.52 Å². The molecule has 2 aromatic heterocycles.